The number of nitrogens with zero attached hydrogens (tertiary/aromatic N) is 4. The quantitative estimate of drug-likeness (QED) is 0.0355. The lowest BCUT2D eigenvalue weighted by atomic mass is 9.96. The van der Waals surface area contributed by atoms with E-state index in [2.05, 4.69) is 0 Å². The molecule has 6 aromatic carbocycles. The molecule has 12 nitrogen and oxygen atoms in total. The van der Waals surface area contributed by atoms with Crippen molar-refractivity contribution < 1.29 is 67.9 Å². The van der Waals surface area contributed by atoms with Crippen LogP contribution in [0.15, 0.2) is 146 Å². The van der Waals surface area contributed by atoms with Crippen LogP contribution in [0.4, 0.5) is 35.5 Å². The van der Waals surface area contributed by atoms with Crippen molar-refractivity contribution in [1.29, 1.82) is 0 Å². The summed E-state index contributed by atoms with van der Waals surface area (Å²) < 4.78 is 144. The van der Waals surface area contributed by atoms with Gasteiger partial charge < -0.3 is 9.47 Å². The predicted octanol–water partition coefficient (Wildman–Crippen LogP) is 14.9. The predicted molar refractivity (Wildman–Crippen MR) is 275 cm³/mol. The molecule has 0 fully saturated rings. The lowest BCUT2D eigenvalue weighted by molar-refractivity contribution is -0.143. The van der Waals surface area contributed by atoms with Crippen LogP contribution in [-0.2, 0) is 91.3 Å². The maximum atomic E-state index is 16.2. The second-order valence-electron chi connectivity index (χ2n) is 18.9. The van der Waals surface area contributed by atoms with E-state index in [-0.39, 0.29) is 54.5 Å². The number of halogens is 7. The van der Waals surface area contributed by atoms with Gasteiger partial charge in [-0.3, -0.25) is 18.5 Å². The third-order valence-corrected chi connectivity index (χ3v) is 15.0. The van der Waals surface area contributed by atoms with Gasteiger partial charge in [0.05, 0.1) is 64.6 Å². The molecule has 0 aliphatic carbocycles. The standard InChI is InChI=1S/C58H52F7N4O8P/c1-5-40-18-13-19-41(6-2)50(40)69-51(47-32-67(56(3,4)53(47)66-69)31-43-24-25-44(57(60,61)62)30-48(43)58(63,64)65)45-26-27-49(59)52-46(45)28-29-68(52)55(71)74-36-73-54(70)42-22-20-39(21-23-42)35-77-78(72,75-33-37-14-9-7-10-15-37)76-34-38-16-11-8-12-17-38/h7-30H,5-6,31-36H2,1-4H3. The number of phosphoric acid groups is 1. The molecule has 2 aromatic heterocycles. The van der Waals surface area contributed by atoms with Crippen molar-refractivity contribution in [3.63, 3.8) is 0 Å². The van der Waals surface area contributed by atoms with Gasteiger partial charge in [-0.05, 0) is 103 Å². The number of hydrogen-bond acceptors (Lipinski definition) is 10. The van der Waals surface area contributed by atoms with Gasteiger partial charge in [-0.1, -0.05) is 111 Å². The normalized spacial score (nSPS) is 13.7. The van der Waals surface area contributed by atoms with Gasteiger partial charge >= 0.3 is 32.2 Å². The Kier molecular flexibility index (Phi) is 16.0. The molecule has 3 heterocycles. The van der Waals surface area contributed by atoms with E-state index in [4.69, 9.17) is 28.1 Å². The van der Waals surface area contributed by atoms with Gasteiger partial charge in [0, 0.05) is 35.8 Å². The first-order valence-corrected chi connectivity index (χ1v) is 26.3. The summed E-state index contributed by atoms with van der Waals surface area (Å²) in [5.74, 6) is -1.68. The Morgan fingerprint density at radius 2 is 1.27 bits per heavy atom. The van der Waals surface area contributed by atoms with E-state index in [1.165, 1.54) is 30.5 Å². The first kappa shape index (κ1) is 55.3. The number of carbonyl (C=O) groups is 2. The largest absolute Gasteiger partial charge is 0.475 e. The highest BCUT2D eigenvalue weighted by molar-refractivity contribution is 7.48. The number of phosphoric ester groups is 1. The van der Waals surface area contributed by atoms with E-state index in [0.717, 1.165) is 44.6 Å². The SMILES string of the molecule is CCc1cccc(CC)c1-n1nc2c(c1-c1ccc(F)c3c1ccn3C(=O)OCOC(=O)c1ccc(COP(=O)(OCc3ccccc3)OCc3ccccc3)cc1)CN(Cc1ccc(C(F)(F)F)cc1C(F)(F)F)C2(C)C. The van der Waals surface area contributed by atoms with Gasteiger partial charge in [-0.2, -0.15) is 31.4 Å². The monoisotopic (exact) mass is 1100 g/mol. The smallest absolute Gasteiger partial charge is 0.424 e. The zero-order valence-electron chi connectivity index (χ0n) is 42.7. The molecule has 406 valence electrons. The van der Waals surface area contributed by atoms with Crippen molar-refractivity contribution in [2.45, 2.75) is 91.3 Å². The number of aryl methyl sites for hydroxylation is 2. The lowest BCUT2D eigenvalue weighted by Crippen LogP contribution is -2.36. The molecule has 9 rings (SSSR count). The molecule has 0 saturated heterocycles. The Morgan fingerprint density at radius 3 is 1.83 bits per heavy atom. The van der Waals surface area contributed by atoms with Crippen molar-refractivity contribution in [2.75, 3.05) is 6.79 Å². The number of benzene rings is 6. The van der Waals surface area contributed by atoms with Crippen LogP contribution in [0, 0.1) is 5.82 Å². The molecule has 1 aliphatic rings. The van der Waals surface area contributed by atoms with Gasteiger partial charge in [0.15, 0.2) is 0 Å². The van der Waals surface area contributed by atoms with E-state index >= 15 is 4.39 Å². The highest BCUT2D eigenvalue weighted by Gasteiger charge is 2.45. The number of hydrogen-bond donors (Lipinski definition) is 0. The topological polar surface area (TPSA) is 123 Å². The van der Waals surface area contributed by atoms with Crippen molar-refractivity contribution in [1.82, 2.24) is 19.2 Å². The summed E-state index contributed by atoms with van der Waals surface area (Å²) in [6.07, 6.45) is -8.72. The summed E-state index contributed by atoms with van der Waals surface area (Å²) in [4.78, 5) is 28.6. The van der Waals surface area contributed by atoms with Gasteiger partial charge in [0.25, 0.3) is 0 Å². The fourth-order valence-electron chi connectivity index (χ4n) is 9.49. The van der Waals surface area contributed by atoms with Crippen LogP contribution in [-0.4, -0.2) is 38.1 Å². The summed E-state index contributed by atoms with van der Waals surface area (Å²) in [6.45, 7) is 5.94. The van der Waals surface area contributed by atoms with Crippen LogP contribution in [0.25, 0.3) is 27.8 Å². The molecule has 78 heavy (non-hydrogen) atoms. The summed E-state index contributed by atoms with van der Waals surface area (Å²) in [5, 5.41) is 5.40. The molecule has 0 radical (unpaired) electrons. The molecule has 0 bridgehead atoms. The van der Waals surface area contributed by atoms with Gasteiger partial charge in [-0.25, -0.2) is 27.8 Å². The summed E-state index contributed by atoms with van der Waals surface area (Å²) >= 11 is 0. The van der Waals surface area contributed by atoms with Crippen LogP contribution in [0.2, 0.25) is 0 Å². The third-order valence-electron chi connectivity index (χ3n) is 13.6. The Balaban J connectivity index is 0.937. The number of alkyl halides is 6. The van der Waals surface area contributed by atoms with E-state index in [1.54, 1.807) is 59.8 Å². The average molecular weight is 1100 g/mol. The first-order valence-electron chi connectivity index (χ1n) is 24.8. The maximum absolute atomic E-state index is 16.2. The van der Waals surface area contributed by atoms with Crippen molar-refractivity contribution in [3.8, 4) is 16.9 Å². The lowest BCUT2D eigenvalue weighted by Gasteiger charge is -2.33. The second kappa shape index (κ2) is 22.5. The summed E-state index contributed by atoms with van der Waals surface area (Å²) in [5.41, 5.74) is 2.12. The molecule has 0 amide bonds. The molecule has 1 aliphatic heterocycles. The number of carbonyl (C=O) groups excluding carboxylic acids is 2. The Bertz CT molecular complexity index is 3460. The van der Waals surface area contributed by atoms with Crippen molar-refractivity contribution in [2.24, 2.45) is 0 Å². The zero-order valence-corrected chi connectivity index (χ0v) is 43.6. The molecule has 0 saturated carbocycles. The number of fused-ring (bicyclic) bond motifs is 2. The molecule has 0 unspecified atom stereocenters. The number of aromatic nitrogens is 3. The molecule has 0 N–H and O–H groups in total. The van der Waals surface area contributed by atoms with Crippen LogP contribution in [0.1, 0.15) is 93.8 Å². The number of esters is 1. The number of rotatable bonds is 18. The van der Waals surface area contributed by atoms with Crippen molar-refractivity contribution in [3.05, 3.63) is 213 Å². The zero-order chi connectivity index (χ0) is 55.6. The van der Waals surface area contributed by atoms with E-state index in [1.807, 2.05) is 68.4 Å². The highest BCUT2D eigenvalue weighted by Crippen LogP contribution is 2.52. The minimum Gasteiger partial charge on any atom is -0.424 e. The Hall–Kier alpha value is -7.41. The number of ether oxygens (including phenoxy) is 2. The third kappa shape index (κ3) is 11.7. The molecule has 0 spiro atoms. The Labute approximate surface area is 444 Å². The summed E-state index contributed by atoms with van der Waals surface area (Å²) in [6, 6.07) is 35.7. The number of para-hydroxylation sites is 1. The fraction of sp³-hybridized carbons (Fsp3) is 0.259. The second-order valence-corrected chi connectivity index (χ2v) is 20.6. The van der Waals surface area contributed by atoms with Gasteiger partial charge in [0.1, 0.15) is 5.82 Å². The van der Waals surface area contributed by atoms with E-state index in [9.17, 15) is 40.5 Å². The van der Waals surface area contributed by atoms with Crippen molar-refractivity contribution >= 4 is 30.8 Å². The van der Waals surface area contributed by atoms with Crippen LogP contribution in [0.3, 0.4) is 0 Å². The first-order chi connectivity index (χ1) is 37.2. The molecular weight excluding hydrogens is 1040 g/mol. The van der Waals surface area contributed by atoms with E-state index < -0.39 is 68.1 Å². The van der Waals surface area contributed by atoms with Crippen LogP contribution in [0.5, 0.6) is 0 Å². The minimum atomic E-state index is -5.09. The summed E-state index contributed by atoms with van der Waals surface area (Å²) in [7, 11) is -4.10. The molecular formula is C58H52F7N4O8P. The molecule has 8 aromatic rings. The average Bonchev–Trinajstić information content (AvgIpc) is 4.33. The van der Waals surface area contributed by atoms with Gasteiger partial charge in [-0.15, -0.1) is 0 Å². The maximum Gasteiger partial charge on any atom is 0.475 e. The Morgan fingerprint density at radius 1 is 0.679 bits per heavy atom. The van der Waals surface area contributed by atoms with Crippen LogP contribution >= 0.6 is 7.82 Å². The molecule has 0 atom stereocenters. The minimum absolute atomic E-state index is 0.00832. The fourth-order valence-corrected chi connectivity index (χ4v) is 10.6. The highest BCUT2D eigenvalue weighted by atomic mass is 31.2. The van der Waals surface area contributed by atoms with E-state index in [0.29, 0.717) is 47.0 Å². The van der Waals surface area contributed by atoms with Crippen LogP contribution < -0.4 is 0 Å². The van der Waals surface area contributed by atoms with Gasteiger partial charge in [0.2, 0.25) is 6.79 Å². The molecule has 20 heteroatoms.